The Hall–Kier alpha value is -5.14. The van der Waals surface area contributed by atoms with Gasteiger partial charge in [0.15, 0.2) is 17.4 Å². The molecule has 5 aromatic rings. The molecule has 0 N–H and O–H groups in total. The van der Waals surface area contributed by atoms with Crippen molar-refractivity contribution in [3.8, 4) is 44.9 Å². The van der Waals surface area contributed by atoms with Crippen molar-refractivity contribution in [2.75, 3.05) is 0 Å². The average Bonchev–Trinajstić information content (AvgIpc) is 3.06. The highest BCUT2D eigenvalue weighted by molar-refractivity contribution is 5.72. The number of aryl methyl sites for hydroxylation is 1. The molecule has 274 valence electrons. The SMILES string of the molecule is CCCCCc1ccc(-c2ccc(-c3cc(F)c(C(F)(F)Oc4ccc(-c5cc(F)c(OC(F)(F)C(F)F)c(F)c5)c(F)c4)c(F)c3)c(F)c2)cc1. The van der Waals surface area contributed by atoms with Crippen LogP contribution in [-0.2, 0) is 12.5 Å². The Balaban J connectivity index is 1.34. The predicted molar refractivity (Wildman–Crippen MR) is 168 cm³/mol. The molecule has 0 amide bonds. The van der Waals surface area contributed by atoms with Crippen molar-refractivity contribution in [1.29, 1.82) is 0 Å². The molecule has 5 aromatic carbocycles. The summed E-state index contributed by atoms with van der Waals surface area (Å²) in [6.07, 6.45) is -10.4. The fraction of sp³-hybridized carbons (Fsp3) is 0.211. The van der Waals surface area contributed by atoms with Crippen LogP contribution in [0.4, 0.5) is 52.7 Å². The molecular weight excluding hydrogens is 716 g/mol. The van der Waals surface area contributed by atoms with Gasteiger partial charge in [0.05, 0.1) is 0 Å². The summed E-state index contributed by atoms with van der Waals surface area (Å²) in [6.45, 7) is 2.10. The summed E-state index contributed by atoms with van der Waals surface area (Å²) in [7, 11) is 0. The van der Waals surface area contributed by atoms with E-state index in [1.54, 1.807) is 0 Å². The zero-order valence-electron chi connectivity index (χ0n) is 26.8. The zero-order valence-corrected chi connectivity index (χ0v) is 26.8. The van der Waals surface area contributed by atoms with E-state index in [0.29, 0.717) is 35.4 Å². The Morgan fingerprint density at radius 2 is 1.04 bits per heavy atom. The van der Waals surface area contributed by atoms with E-state index in [0.717, 1.165) is 37.3 Å². The number of benzene rings is 5. The van der Waals surface area contributed by atoms with Crippen molar-refractivity contribution < 1.29 is 62.2 Å². The molecule has 0 bridgehead atoms. The zero-order chi connectivity index (χ0) is 38.0. The molecule has 0 aliphatic heterocycles. The van der Waals surface area contributed by atoms with Gasteiger partial charge in [-0.3, -0.25) is 0 Å². The highest BCUT2D eigenvalue weighted by atomic mass is 19.3. The predicted octanol–water partition coefficient (Wildman–Crippen LogP) is 12.6. The molecule has 0 aliphatic rings. The number of ether oxygens (including phenoxy) is 2. The Labute approximate surface area is 289 Å². The molecule has 0 saturated carbocycles. The van der Waals surface area contributed by atoms with Crippen LogP contribution in [0.5, 0.6) is 11.5 Å². The summed E-state index contributed by atoms with van der Waals surface area (Å²) in [5.74, 6) is -12.8. The molecular formula is C38H26F12O2. The van der Waals surface area contributed by atoms with Crippen LogP contribution in [0, 0.1) is 34.9 Å². The summed E-state index contributed by atoms with van der Waals surface area (Å²) < 4.78 is 178. The normalized spacial score (nSPS) is 12.0. The molecule has 0 heterocycles. The van der Waals surface area contributed by atoms with Crippen LogP contribution in [0.25, 0.3) is 33.4 Å². The first-order valence-electron chi connectivity index (χ1n) is 15.6. The van der Waals surface area contributed by atoms with Crippen molar-refractivity contribution >= 4 is 0 Å². The van der Waals surface area contributed by atoms with Crippen LogP contribution in [-0.4, -0.2) is 12.5 Å². The molecule has 0 atom stereocenters. The summed E-state index contributed by atoms with van der Waals surface area (Å²) in [4.78, 5) is 0. The molecule has 0 saturated heterocycles. The van der Waals surface area contributed by atoms with Crippen molar-refractivity contribution in [3.63, 3.8) is 0 Å². The molecule has 0 radical (unpaired) electrons. The van der Waals surface area contributed by atoms with Crippen molar-refractivity contribution in [1.82, 2.24) is 0 Å². The molecule has 52 heavy (non-hydrogen) atoms. The second-order valence-corrected chi connectivity index (χ2v) is 11.7. The van der Waals surface area contributed by atoms with E-state index in [9.17, 15) is 30.7 Å². The third-order valence-electron chi connectivity index (χ3n) is 7.96. The van der Waals surface area contributed by atoms with E-state index in [-0.39, 0.29) is 23.8 Å². The maximum atomic E-state index is 15.2. The van der Waals surface area contributed by atoms with Gasteiger partial charge in [-0.25, -0.2) is 26.3 Å². The van der Waals surface area contributed by atoms with E-state index in [1.165, 1.54) is 12.1 Å². The molecule has 0 aromatic heterocycles. The van der Waals surface area contributed by atoms with Crippen molar-refractivity contribution in [2.24, 2.45) is 0 Å². The number of hydrogen-bond donors (Lipinski definition) is 0. The lowest BCUT2D eigenvalue weighted by molar-refractivity contribution is -0.255. The quantitative estimate of drug-likeness (QED) is 0.0883. The van der Waals surface area contributed by atoms with Crippen LogP contribution in [0.3, 0.4) is 0 Å². The summed E-state index contributed by atoms with van der Waals surface area (Å²) in [5, 5.41) is 0. The van der Waals surface area contributed by atoms with Crippen LogP contribution in [0.2, 0.25) is 0 Å². The van der Waals surface area contributed by atoms with Crippen LogP contribution < -0.4 is 9.47 Å². The lowest BCUT2D eigenvalue weighted by atomic mass is 9.97. The Morgan fingerprint density at radius 1 is 0.538 bits per heavy atom. The first-order chi connectivity index (χ1) is 24.5. The standard InChI is InChI=1S/C38H26F12O2/c1-2-3-4-5-20-6-8-21(9-7-20)22-10-12-26(28(39)14-22)23-15-30(41)34(31(42)16-23)37(47,48)51-25-11-13-27(29(40)19-25)24-17-32(43)35(33(44)18-24)52-38(49,50)36(45)46/h6-19,36H,2-5H2,1H3. The monoisotopic (exact) mass is 742 g/mol. The summed E-state index contributed by atoms with van der Waals surface area (Å²) >= 11 is 0. The molecule has 0 fully saturated rings. The lowest BCUT2D eigenvalue weighted by Gasteiger charge is -2.20. The van der Waals surface area contributed by atoms with Gasteiger partial charge in [-0.05, 0) is 83.1 Å². The first kappa shape index (κ1) is 38.1. The topological polar surface area (TPSA) is 18.5 Å². The largest absolute Gasteiger partial charge is 0.461 e. The fourth-order valence-electron chi connectivity index (χ4n) is 5.36. The van der Waals surface area contributed by atoms with Gasteiger partial charge < -0.3 is 9.47 Å². The molecule has 0 unspecified atom stereocenters. The van der Waals surface area contributed by atoms with Gasteiger partial charge in [-0.1, -0.05) is 56.2 Å². The maximum Gasteiger partial charge on any atom is 0.461 e. The van der Waals surface area contributed by atoms with Gasteiger partial charge in [0.2, 0.25) is 0 Å². The van der Waals surface area contributed by atoms with E-state index < -0.39 is 87.3 Å². The van der Waals surface area contributed by atoms with Crippen LogP contribution in [0.1, 0.15) is 37.3 Å². The van der Waals surface area contributed by atoms with Gasteiger partial charge in [0.1, 0.15) is 34.6 Å². The average molecular weight is 743 g/mol. The summed E-state index contributed by atoms with van der Waals surface area (Å²) in [5.41, 5.74) is -1.72. The first-order valence-corrected chi connectivity index (χ1v) is 15.6. The minimum absolute atomic E-state index is 0.253. The smallest absolute Gasteiger partial charge is 0.429 e. The Bertz CT molecular complexity index is 2020. The van der Waals surface area contributed by atoms with Gasteiger partial charge >= 0.3 is 18.6 Å². The molecule has 14 heteroatoms. The molecule has 5 rings (SSSR count). The minimum atomic E-state index is -5.26. The number of alkyl halides is 6. The second kappa shape index (κ2) is 15.2. The number of rotatable bonds is 13. The second-order valence-electron chi connectivity index (χ2n) is 11.7. The Morgan fingerprint density at radius 3 is 1.56 bits per heavy atom. The lowest BCUT2D eigenvalue weighted by Crippen LogP contribution is -2.34. The third kappa shape index (κ3) is 8.32. The van der Waals surface area contributed by atoms with E-state index in [2.05, 4.69) is 16.4 Å². The van der Waals surface area contributed by atoms with E-state index in [1.807, 2.05) is 24.3 Å². The highest BCUT2D eigenvalue weighted by Gasteiger charge is 2.45. The van der Waals surface area contributed by atoms with Crippen LogP contribution in [0.15, 0.2) is 84.9 Å². The van der Waals surface area contributed by atoms with E-state index in [4.69, 9.17) is 0 Å². The number of unbranched alkanes of at least 4 members (excludes halogenated alkanes) is 2. The highest BCUT2D eigenvalue weighted by Crippen LogP contribution is 2.40. The summed E-state index contributed by atoms with van der Waals surface area (Å²) in [6, 6.07) is 14.3. The van der Waals surface area contributed by atoms with Crippen molar-refractivity contribution in [3.05, 3.63) is 131 Å². The maximum absolute atomic E-state index is 15.2. The molecule has 0 spiro atoms. The third-order valence-corrected chi connectivity index (χ3v) is 7.96. The Kier molecular flexibility index (Phi) is 11.2. The van der Waals surface area contributed by atoms with Gasteiger partial charge in [0, 0.05) is 17.2 Å². The van der Waals surface area contributed by atoms with E-state index >= 15 is 22.0 Å². The van der Waals surface area contributed by atoms with Gasteiger partial charge in [0.25, 0.3) is 0 Å². The molecule has 2 nitrogen and oxygen atoms in total. The van der Waals surface area contributed by atoms with Crippen LogP contribution >= 0.6 is 0 Å². The number of hydrogen-bond acceptors (Lipinski definition) is 2. The fourth-order valence-corrected chi connectivity index (χ4v) is 5.36. The minimum Gasteiger partial charge on any atom is -0.429 e. The van der Waals surface area contributed by atoms with Gasteiger partial charge in [-0.15, -0.1) is 0 Å². The van der Waals surface area contributed by atoms with Crippen molar-refractivity contribution in [2.45, 2.75) is 51.2 Å². The molecule has 0 aliphatic carbocycles. The number of halogens is 12. The van der Waals surface area contributed by atoms with Gasteiger partial charge in [-0.2, -0.15) is 26.3 Å².